The van der Waals surface area contributed by atoms with Gasteiger partial charge < -0.3 is 4.57 Å². The van der Waals surface area contributed by atoms with Gasteiger partial charge in [0.25, 0.3) is 0 Å². The molecule has 1 aromatic carbocycles. The summed E-state index contributed by atoms with van der Waals surface area (Å²) in [7, 11) is 0. The summed E-state index contributed by atoms with van der Waals surface area (Å²) >= 11 is 5.88. The van der Waals surface area contributed by atoms with Crippen molar-refractivity contribution in [1.29, 1.82) is 0 Å². The normalized spacial score (nSPS) is 11.8. The number of alkyl halides is 3. The third-order valence-corrected chi connectivity index (χ3v) is 2.90. The molecule has 6 heteroatoms. The third-order valence-electron chi connectivity index (χ3n) is 2.60. The minimum absolute atomic E-state index is 0.0405. The van der Waals surface area contributed by atoms with E-state index >= 15 is 0 Å². The molecule has 0 fully saturated rings. The topological polar surface area (TPSA) is 17.8 Å². The quantitative estimate of drug-likeness (QED) is 0.801. The highest BCUT2D eigenvalue weighted by atomic mass is 35.5. The van der Waals surface area contributed by atoms with Crippen LogP contribution in [0.1, 0.15) is 12.5 Å². The maximum atomic E-state index is 12.9. The molecule has 0 saturated heterocycles. The van der Waals surface area contributed by atoms with Gasteiger partial charge in [-0.1, -0.05) is 29.8 Å². The number of imidazole rings is 1. The SMILES string of the molecule is CCn1c(Cl)cnc1-c1ccccc1C(F)(F)F. The molecule has 0 radical (unpaired) electrons. The van der Waals surface area contributed by atoms with Crippen LogP contribution in [0, 0.1) is 0 Å². The van der Waals surface area contributed by atoms with Crippen molar-refractivity contribution in [2.45, 2.75) is 19.6 Å². The van der Waals surface area contributed by atoms with E-state index in [1.807, 2.05) is 0 Å². The molecule has 96 valence electrons. The second kappa shape index (κ2) is 4.65. The lowest BCUT2D eigenvalue weighted by atomic mass is 10.1. The third kappa shape index (κ3) is 2.22. The number of benzene rings is 1. The van der Waals surface area contributed by atoms with Gasteiger partial charge in [-0.15, -0.1) is 0 Å². The van der Waals surface area contributed by atoms with Crippen LogP contribution in [0.15, 0.2) is 30.5 Å². The number of nitrogens with zero attached hydrogens (tertiary/aromatic N) is 2. The molecule has 1 heterocycles. The Hall–Kier alpha value is -1.49. The van der Waals surface area contributed by atoms with Crippen molar-refractivity contribution in [1.82, 2.24) is 9.55 Å². The summed E-state index contributed by atoms with van der Waals surface area (Å²) < 4.78 is 40.3. The number of hydrogen-bond donors (Lipinski definition) is 0. The first-order valence-electron chi connectivity index (χ1n) is 5.32. The van der Waals surface area contributed by atoms with E-state index in [4.69, 9.17) is 11.6 Å². The molecule has 1 aromatic heterocycles. The van der Waals surface area contributed by atoms with Gasteiger partial charge in [0, 0.05) is 12.1 Å². The number of rotatable bonds is 2. The van der Waals surface area contributed by atoms with Crippen molar-refractivity contribution in [2.24, 2.45) is 0 Å². The lowest BCUT2D eigenvalue weighted by molar-refractivity contribution is -0.137. The van der Waals surface area contributed by atoms with Crippen LogP contribution >= 0.6 is 11.6 Å². The molecule has 0 bridgehead atoms. The van der Waals surface area contributed by atoms with Crippen LogP contribution in [0.4, 0.5) is 13.2 Å². The molecule has 0 unspecified atom stereocenters. The van der Waals surface area contributed by atoms with Gasteiger partial charge in [0.1, 0.15) is 11.0 Å². The van der Waals surface area contributed by atoms with Crippen molar-refractivity contribution in [3.05, 3.63) is 41.2 Å². The molecule has 0 aliphatic heterocycles. The summed E-state index contributed by atoms with van der Waals surface area (Å²) in [5, 5.41) is 0.324. The van der Waals surface area contributed by atoms with Crippen LogP contribution in [0.5, 0.6) is 0 Å². The van der Waals surface area contributed by atoms with E-state index < -0.39 is 11.7 Å². The molecule has 0 amide bonds. The summed E-state index contributed by atoms with van der Waals surface area (Å²) in [5.41, 5.74) is -0.666. The fourth-order valence-corrected chi connectivity index (χ4v) is 2.04. The minimum Gasteiger partial charge on any atom is -0.315 e. The predicted molar refractivity (Wildman–Crippen MR) is 63.3 cm³/mol. The fourth-order valence-electron chi connectivity index (χ4n) is 1.80. The van der Waals surface area contributed by atoms with Crippen LogP contribution < -0.4 is 0 Å². The minimum atomic E-state index is -4.41. The van der Waals surface area contributed by atoms with E-state index in [1.54, 1.807) is 13.0 Å². The molecule has 0 aliphatic rings. The van der Waals surface area contributed by atoms with Gasteiger partial charge in [0.05, 0.1) is 11.8 Å². The van der Waals surface area contributed by atoms with Gasteiger partial charge in [-0.3, -0.25) is 0 Å². The highest BCUT2D eigenvalue weighted by Crippen LogP contribution is 2.37. The Bertz CT molecular complexity index is 561. The van der Waals surface area contributed by atoms with E-state index in [0.29, 0.717) is 11.7 Å². The van der Waals surface area contributed by atoms with E-state index in [2.05, 4.69) is 4.98 Å². The molecular formula is C12H10ClF3N2. The van der Waals surface area contributed by atoms with Crippen molar-refractivity contribution in [3.8, 4) is 11.4 Å². The smallest absolute Gasteiger partial charge is 0.315 e. The van der Waals surface area contributed by atoms with Crippen LogP contribution in [-0.2, 0) is 12.7 Å². The van der Waals surface area contributed by atoms with Crippen LogP contribution in [0.3, 0.4) is 0 Å². The fraction of sp³-hybridized carbons (Fsp3) is 0.250. The Labute approximate surface area is 107 Å². The second-order valence-electron chi connectivity index (χ2n) is 3.69. The Morgan fingerprint density at radius 3 is 2.56 bits per heavy atom. The Morgan fingerprint density at radius 1 is 1.28 bits per heavy atom. The molecule has 0 saturated carbocycles. The second-order valence-corrected chi connectivity index (χ2v) is 4.08. The van der Waals surface area contributed by atoms with Gasteiger partial charge in [-0.2, -0.15) is 13.2 Å². The van der Waals surface area contributed by atoms with Crippen LogP contribution in [-0.4, -0.2) is 9.55 Å². The zero-order valence-electron chi connectivity index (χ0n) is 9.50. The molecule has 0 aliphatic carbocycles. The molecule has 18 heavy (non-hydrogen) atoms. The Morgan fingerprint density at radius 2 is 1.94 bits per heavy atom. The summed E-state index contributed by atoms with van der Waals surface area (Å²) in [6.45, 7) is 2.26. The lowest BCUT2D eigenvalue weighted by Gasteiger charge is -2.13. The summed E-state index contributed by atoms with van der Waals surface area (Å²) in [5.74, 6) is 0.232. The van der Waals surface area contributed by atoms with Crippen molar-refractivity contribution < 1.29 is 13.2 Å². The molecule has 2 aromatic rings. The van der Waals surface area contributed by atoms with Gasteiger partial charge in [0.15, 0.2) is 0 Å². The standard InChI is InChI=1S/C12H10ClF3N2/c1-2-18-10(13)7-17-11(18)8-5-3-4-6-9(8)12(14,15)16/h3-7H,2H2,1H3. The Balaban J connectivity index is 2.64. The van der Waals surface area contributed by atoms with E-state index in [0.717, 1.165) is 6.07 Å². The average Bonchev–Trinajstić information content (AvgIpc) is 2.69. The number of aromatic nitrogens is 2. The van der Waals surface area contributed by atoms with Crippen molar-refractivity contribution >= 4 is 11.6 Å². The zero-order valence-corrected chi connectivity index (χ0v) is 10.3. The molecule has 2 nitrogen and oxygen atoms in total. The van der Waals surface area contributed by atoms with Gasteiger partial charge in [-0.25, -0.2) is 4.98 Å². The van der Waals surface area contributed by atoms with Gasteiger partial charge >= 0.3 is 6.18 Å². The number of hydrogen-bond acceptors (Lipinski definition) is 1. The molecule has 0 atom stereocenters. The van der Waals surface area contributed by atoms with Gasteiger partial charge in [0.2, 0.25) is 0 Å². The Kier molecular flexibility index (Phi) is 3.34. The first-order valence-corrected chi connectivity index (χ1v) is 5.70. The highest BCUT2D eigenvalue weighted by molar-refractivity contribution is 6.29. The van der Waals surface area contributed by atoms with E-state index in [1.165, 1.54) is 22.9 Å². The summed E-state index contributed by atoms with van der Waals surface area (Å²) in [6, 6.07) is 5.34. The van der Waals surface area contributed by atoms with Crippen LogP contribution in [0.2, 0.25) is 5.15 Å². The molecule has 0 N–H and O–H groups in total. The predicted octanol–water partition coefficient (Wildman–Crippen LogP) is 4.24. The first-order chi connectivity index (χ1) is 8.45. The van der Waals surface area contributed by atoms with E-state index in [9.17, 15) is 13.2 Å². The van der Waals surface area contributed by atoms with E-state index in [-0.39, 0.29) is 11.4 Å². The van der Waals surface area contributed by atoms with Crippen molar-refractivity contribution in [3.63, 3.8) is 0 Å². The summed E-state index contributed by atoms with van der Waals surface area (Å²) in [4.78, 5) is 3.96. The first kappa shape index (κ1) is 13.0. The van der Waals surface area contributed by atoms with Crippen molar-refractivity contribution in [2.75, 3.05) is 0 Å². The zero-order chi connectivity index (χ0) is 13.3. The molecule has 0 spiro atoms. The monoisotopic (exact) mass is 274 g/mol. The largest absolute Gasteiger partial charge is 0.417 e. The van der Waals surface area contributed by atoms with Gasteiger partial charge in [-0.05, 0) is 13.0 Å². The summed E-state index contributed by atoms with van der Waals surface area (Å²) in [6.07, 6.45) is -3.05. The maximum Gasteiger partial charge on any atom is 0.417 e. The van der Waals surface area contributed by atoms with Crippen LogP contribution in [0.25, 0.3) is 11.4 Å². The molecular weight excluding hydrogens is 265 g/mol. The lowest BCUT2D eigenvalue weighted by Crippen LogP contribution is -2.09. The maximum absolute atomic E-state index is 12.9. The average molecular weight is 275 g/mol. The number of halogens is 4. The molecule has 2 rings (SSSR count). The highest BCUT2D eigenvalue weighted by Gasteiger charge is 2.34.